The van der Waals surface area contributed by atoms with Crippen LogP contribution in [0.25, 0.3) is 0 Å². The summed E-state index contributed by atoms with van der Waals surface area (Å²) in [7, 11) is 0. The van der Waals surface area contributed by atoms with E-state index in [1.807, 2.05) is 6.92 Å². The average molecular weight is 222 g/mol. The molecule has 0 saturated heterocycles. The monoisotopic (exact) mass is 222 g/mol. The molecule has 6 nitrogen and oxygen atoms in total. The summed E-state index contributed by atoms with van der Waals surface area (Å²) >= 11 is 0. The highest BCUT2D eigenvalue weighted by Crippen LogP contribution is 2.09. The molecule has 7 N–H and O–H groups in total. The van der Waals surface area contributed by atoms with Gasteiger partial charge in [0.2, 0.25) is 0 Å². The van der Waals surface area contributed by atoms with Gasteiger partial charge in [0.25, 0.3) is 0 Å². The van der Waals surface area contributed by atoms with E-state index in [0.717, 1.165) is 0 Å². The van der Waals surface area contributed by atoms with Crippen molar-refractivity contribution in [3.63, 3.8) is 0 Å². The van der Waals surface area contributed by atoms with Crippen molar-refractivity contribution < 1.29 is 20.4 Å². The lowest BCUT2D eigenvalue weighted by molar-refractivity contribution is -0.0448. The largest absolute Gasteiger partial charge is 0.396 e. The molecule has 15 heavy (non-hydrogen) atoms. The zero-order valence-corrected chi connectivity index (χ0v) is 9.22. The fraction of sp³-hybridized carbons (Fsp3) is 1.00. The van der Waals surface area contributed by atoms with Crippen LogP contribution in [0.3, 0.4) is 0 Å². The van der Waals surface area contributed by atoms with Crippen molar-refractivity contribution in [2.24, 2.45) is 11.7 Å². The maximum atomic E-state index is 9.57. The molecular formula is C9H22N2O4. The number of aliphatic hydroxyl groups is 4. The van der Waals surface area contributed by atoms with E-state index in [-0.39, 0.29) is 12.5 Å². The van der Waals surface area contributed by atoms with Crippen molar-refractivity contribution in [2.75, 3.05) is 13.2 Å². The molecule has 92 valence electrons. The molecule has 4 unspecified atom stereocenters. The van der Waals surface area contributed by atoms with Gasteiger partial charge in [0, 0.05) is 12.5 Å². The van der Waals surface area contributed by atoms with Crippen molar-refractivity contribution in [3.05, 3.63) is 0 Å². The Kier molecular flexibility index (Phi) is 6.26. The fourth-order valence-corrected chi connectivity index (χ4v) is 1.03. The summed E-state index contributed by atoms with van der Waals surface area (Å²) in [6, 6.07) is 0. The predicted octanol–water partition coefficient (Wildman–Crippen LogP) is -2.06. The lowest BCUT2D eigenvalue weighted by Crippen LogP contribution is -2.60. The molecule has 0 bridgehead atoms. The van der Waals surface area contributed by atoms with E-state index in [9.17, 15) is 10.2 Å². The zero-order valence-electron chi connectivity index (χ0n) is 9.22. The molecule has 0 heterocycles. The summed E-state index contributed by atoms with van der Waals surface area (Å²) in [5, 5.41) is 39.3. The second kappa shape index (κ2) is 6.37. The van der Waals surface area contributed by atoms with Gasteiger partial charge in [-0.2, -0.15) is 0 Å². The third-order valence-corrected chi connectivity index (χ3v) is 2.50. The van der Waals surface area contributed by atoms with Crippen molar-refractivity contribution in [3.8, 4) is 0 Å². The minimum Gasteiger partial charge on any atom is -0.396 e. The summed E-state index contributed by atoms with van der Waals surface area (Å²) < 4.78 is 0. The summed E-state index contributed by atoms with van der Waals surface area (Å²) in [6.45, 7) is 2.67. The predicted molar refractivity (Wildman–Crippen MR) is 55.7 cm³/mol. The fourth-order valence-electron chi connectivity index (χ4n) is 1.03. The van der Waals surface area contributed by atoms with Crippen LogP contribution in [-0.2, 0) is 0 Å². The van der Waals surface area contributed by atoms with Gasteiger partial charge in [-0.05, 0) is 13.3 Å². The maximum absolute atomic E-state index is 9.57. The minimum atomic E-state index is -1.24. The molecule has 0 aromatic carbocycles. The first-order valence-electron chi connectivity index (χ1n) is 5.01. The number of rotatable bonds is 7. The molecular weight excluding hydrogens is 200 g/mol. The number of nitrogens with two attached hydrogens (primary N) is 1. The average Bonchev–Trinajstić information content (AvgIpc) is 2.19. The van der Waals surface area contributed by atoms with Gasteiger partial charge < -0.3 is 26.2 Å². The van der Waals surface area contributed by atoms with Crippen LogP contribution in [0, 0.1) is 5.92 Å². The Hall–Kier alpha value is -0.240. The molecule has 0 amide bonds. The molecule has 0 aromatic rings. The van der Waals surface area contributed by atoms with Gasteiger partial charge in [0.05, 0.1) is 12.1 Å². The minimum absolute atomic E-state index is 0.183. The number of hydrogen-bond donors (Lipinski definition) is 6. The van der Waals surface area contributed by atoms with E-state index in [1.165, 1.54) is 6.92 Å². The van der Waals surface area contributed by atoms with Crippen LogP contribution in [0.15, 0.2) is 0 Å². The molecule has 0 aliphatic carbocycles. The van der Waals surface area contributed by atoms with Gasteiger partial charge in [0.1, 0.15) is 12.5 Å². The Bertz CT molecular complexity index is 173. The number of aliphatic hydroxyl groups excluding tert-OH is 4. The molecule has 0 aliphatic heterocycles. The first-order valence-corrected chi connectivity index (χ1v) is 5.01. The third-order valence-electron chi connectivity index (χ3n) is 2.50. The van der Waals surface area contributed by atoms with Crippen molar-refractivity contribution in [2.45, 2.75) is 38.3 Å². The van der Waals surface area contributed by atoms with Gasteiger partial charge in [-0.15, -0.1) is 0 Å². The second-order valence-electron chi connectivity index (χ2n) is 4.03. The van der Waals surface area contributed by atoms with Gasteiger partial charge in [0.15, 0.2) is 0 Å². The van der Waals surface area contributed by atoms with E-state index in [4.69, 9.17) is 15.9 Å². The lowest BCUT2D eigenvalue weighted by Gasteiger charge is -2.32. The van der Waals surface area contributed by atoms with Gasteiger partial charge in [-0.3, -0.25) is 5.32 Å². The number of hydrogen-bond acceptors (Lipinski definition) is 6. The highest BCUT2D eigenvalue weighted by molar-refractivity contribution is 4.85. The Morgan fingerprint density at radius 2 is 1.87 bits per heavy atom. The smallest absolute Gasteiger partial charge is 0.127 e. The van der Waals surface area contributed by atoms with Crippen LogP contribution < -0.4 is 11.1 Å². The Balaban J connectivity index is 4.22. The van der Waals surface area contributed by atoms with Crippen molar-refractivity contribution in [1.82, 2.24) is 5.32 Å². The molecule has 0 saturated carbocycles. The molecule has 0 aromatic heterocycles. The van der Waals surface area contributed by atoms with Gasteiger partial charge in [-0.25, -0.2) is 0 Å². The quantitative estimate of drug-likeness (QED) is 0.276. The van der Waals surface area contributed by atoms with Crippen LogP contribution in [0.2, 0.25) is 0 Å². The Labute approximate surface area is 89.7 Å². The normalized spacial score (nSPS) is 21.8. The topological polar surface area (TPSA) is 119 Å². The van der Waals surface area contributed by atoms with E-state index in [2.05, 4.69) is 5.32 Å². The van der Waals surface area contributed by atoms with Crippen LogP contribution in [-0.4, -0.2) is 51.6 Å². The highest BCUT2D eigenvalue weighted by Gasteiger charge is 2.30. The molecule has 0 radical (unpaired) electrons. The molecule has 6 heteroatoms. The van der Waals surface area contributed by atoms with E-state index >= 15 is 0 Å². The van der Waals surface area contributed by atoms with E-state index in [0.29, 0.717) is 6.42 Å². The van der Waals surface area contributed by atoms with Crippen LogP contribution in [0.5, 0.6) is 0 Å². The molecule has 0 rings (SSSR count). The van der Waals surface area contributed by atoms with Crippen molar-refractivity contribution in [1.29, 1.82) is 0 Å². The van der Waals surface area contributed by atoms with Crippen LogP contribution >= 0.6 is 0 Å². The molecule has 0 aliphatic rings. The van der Waals surface area contributed by atoms with Crippen LogP contribution in [0.4, 0.5) is 0 Å². The van der Waals surface area contributed by atoms with Crippen molar-refractivity contribution >= 4 is 0 Å². The van der Waals surface area contributed by atoms with E-state index in [1.54, 1.807) is 0 Å². The molecule has 0 fully saturated rings. The Morgan fingerprint density at radius 1 is 1.33 bits per heavy atom. The number of nitrogens with one attached hydrogen (secondary N) is 1. The maximum Gasteiger partial charge on any atom is 0.127 e. The standard InChI is InChI=1S/C9H22N2O4/c1-3-6(4-12)7(14)11-8(15)9(2,10)5-13/h6-8,11-15H,3-5,10H2,1-2H3. The SMILES string of the molecule is CCC(CO)C(O)NC(O)C(C)(N)CO. The van der Waals surface area contributed by atoms with Crippen LogP contribution in [0.1, 0.15) is 20.3 Å². The first-order chi connectivity index (χ1) is 6.88. The lowest BCUT2D eigenvalue weighted by atomic mass is 10.0. The zero-order chi connectivity index (χ0) is 12.1. The summed E-state index contributed by atoms with van der Waals surface area (Å²) in [5.74, 6) is -0.367. The van der Waals surface area contributed by atoms with Gasteiger partial charge >= 0.3 is 0 Å². The Morgan fingerprint density at radius 3 is 2.20 bits per heavy atom. The third kappa shape index (κ3) is 4.42. The first kappa shape index (κ1) is 14.8. The summed E-state index contributed by atoms with van der Waals surface area (Å²) in [6.07, 6.45) is -1.72. The molecule has 4 atom stereocenters. The highest BCUT2D eigenvalue weighted by atomic mass is 16.3. The van der Waals surface area contributed by atoms with E-state index < -0.39 is 24.6 Å². The molecule has 0 spiro atoms. The summed E-state index contributed by atoms with van der Waals surface area (Å²) in [5.41, 5.74) is 4.33. The second-order valence-corrected chi connectivity index (χ2v) is 4.03. The summed E-state index contributed by atoms with van der Waals surface area (Å²) in [4.78, 5) is 0. The van der Waals surface area contributed by atoms with Gasteiger partial charge in [-0.1, -0.05) is 6.92 Å².